The molecule has 19 heavy (non-hydrogen) atoms. The average Bonchev–Trinajstić information content (AvgIpc) is 2.44. The topological polar surface area (TPSA) is 64.4 Å². The lowest BCUT2D eigenvalue weighted by molar-refractivity contribution is -0.120. The van der Waals surface area contributed by atoms with Gasteiger partial charge in [0, 0.05) is 6.54 Å². The highest BCUT2D eigenvalue weighted by atomic mass is 16.5. The fourth-order valence-corrected chi connectivity index (χ4v) is 1.84. The van der Waals surface area contributed by atoms with E-state index >= 15 is 0 Å². The van der Waals surface area contributed by atoms with Gasteiger partial charge in [0.15, 0.2) is 0 Å². The molecule has 1 rings (SSSR count). The second-order valence-corrected chi connectivity index (χ2v) is 4.82. The first kappa shape index (κ1) is 15.5. The first-order valence-corrected chi connectivity index (χ1v) is 6.73. The summed E-state index contributed by atoms with van der Waals surface area (Å²) in [4.78, 5) is 11.8. The standard InChI is InChI=1S/C15H24N2O2/c1-4-13-7-12(5-6-14(13)19-3)8-15(18)17-10-11(2)9-16/h5-7,11H,4,8-10,16H2,1-3H3,(H,17,18). The number of hydrogen-bond acceptors (Lipinski definition) is 3. The largest absolute Gasteiger partial charge is 0.496 e. The number of hydrogen-bond donors (Lipinski definition) is 2. The summed E-state index contributed by atoms with van der Waals surface area (Å²) in [7, 11) is 1.66. The fraction of sp³-hybridized carbons (Fsp3) is 0.533. The van der Waals surface area contributed by atoms with E-state index in [9.17, 15) is 4.79 Å². The van der Waals surface area contributed by atoms with Gasteiger partial charge in [-0.2, -0.15) is 0 Å². The molecular weight excluding hydrogens is 240 g/mol. The predicted octanol–water partition coefficient (Wildman–Crippen LogP) is 1.51. The molecule has 0 aliphatic rings. The summed E-state index contributed by atoms with van der Waals surface area (Å²) in [6, 6.07) is 5.89. The molecule has 0 aliphatic heterocycles. The van der Waals surface area contributed by atoms with E-state index in [1.165, 1.54) is 0 Å². The minimum atomic E-state index is 0.0347. The molecule has 4 heteroatoms. The summed E-state index contributed by atoms with van der Waals surface area (Å²) in [5.41, 5.74) is 7.65. The molecule has 0 spiro atoms. The van der Waals surface area contributed by atoms with Crippen molar-refractivity contribution >= 4 is 5.91 Å². The summed E-state index contributed by atoms with van der Waals surface area (Å²) in [6.07, 6.45) is 1.29. The molecule has 4 nitrogen and oxygen atoms in total. The molecule has 0 saturated heterocycles. The molecule has 106 valence electrons. The summed E-state index contributed by atoms with van der Waals surface area (Å²) in [5, 5.41) is 2.90. The van der Waals surface area contributed by atoms with Crippen LogP contribution in [0.1, 0.15) is 25.0 Å². The molecule has 0 saturated carbocycles. The number of carbonyl (C=O) groups is 1. The van der Waals surface area contributed by atoms with Crippen LogP contribution in [0, 0.1) is 5.92 Å². The van der Waals surface area contributed by atoms with E-state index in [1.54, 1.807) is 7.11 Å². The van der Waals surface area contributed by atoms with Crippen molar-refractivity contribution < 1.29 is 9.53 Å². The number of carbonyl (C=O) groups excluding carboxylic acids is 1. The highest BCUT2D eigenvalue weighted by Crippen LogP contribution is 2.20. The maximum absolute atomic E-state index is 11.8. The monoisotopic (exact) mass is 264 g/mol. The average molecular weight is 264 g/mol. The Labute approximate surface area is 115 Å². The normalized spacial score (nSPS) is 12.0. The van der Waals surface area contributed by atoms with Crippen molar-refractivity contribution in [2.75, 3.05) is 20.2 Å². The molecular formula is C15H24N2O2. The van der Waals surface area contributed by atoms with Crippen molar-refractivity contribution in [1.82, 2.24) is 5.32 Å². The van der Waals surface area contributed by atoms with Crippen LogP contribution >= 0.6 is 0 Å². The third-order valence-corrected chi connectivity index (χ3v) is 3.14. The van der Waals surface area contributed by atoms with E-state index in [4.69, 9.17) is 10.5 Å². The summed E-state index contributed by atoms with van der Waals surface area (Å²) >= 11 is 0. The Balaban J connectivity index is 2.59. The quantitative estimate of drug-likeness (QED) is 0.784. The molecule has 0 bridgehead atoms. The van der Waals surface area contributed by atoms with Crippen LogP contribution < -0.4 is 15.8 Å². The van der Waals surface area contributed by atoms with E-state index in [0.29, 0.717) is 25.4 Å². The summed E-state index contributed by atoms with van der Waals surface area (Å²) in [5.74, 6) is 1.22. The molecule has 1 aromatic rings. The predicted molar refractivity (Wildman–Crippen MR) is 77.3 cm³/mol. The number of aryl methyl sites for hydroxylation is 1. The van der Waals surface area contributed by atoms with Crippen molar-refractivity contribution in [1.29, 1.82) is 0 Å². The summed E-state index contributed by atoms with van der Waals surface area (Å²) in [6.45, 7) is 5.31. The number of amides is 1. The van der Waals surface area contributed by atoms with Gasteiger partial charge >= 0.3 is 0 Å². The molecule has 1 aromatic carbocycles. The first-order valence-electron chi connectivity index (χ1n) is 6.73. The Hall–Kier alpha value is -1.55. The van der Waals surface area contributed by atoms with Crippen molar-refractivity contribution in [3.05, 3.63) is 29.3 Å². The van der Waals surface area contributed by atoms with Crippen LogP contribution in [-0.2, 0) is 17.6 Å². The van der Waals surface area contributed by atoms with Crippen LogP contribution in [0.15, 0.2) is 18.2 Å². The van der Waals surface area contributed by atoms with Crippen LogP contribution in [0.3, 0.4) is 0 Å². The highest BCUT2D eigenvalue weighted by molar-refractivity contribution is 5.78. The fourth-order valence-electron chi connectivity index (χ4n) is 1.84. The molecule has 1 atom stereocenters. The molecule has 0 aromatic heterocycles. The number of nitrogens with one attached hydrogen (secondary N) is 1. The molecule has 1 amide bonds. The highest BCUT2D eigenvalue weighted by Gasteiger charge is 2.08. The van der Waals surface area contributed by atoms with Gasteiger partial charge in [-0.25, -0.2) is 0 Å². The van der Waals surface area contributed by atoms with E-state index in [1.807, 2.05) is 25.1 Å². The minimum absolute atomic E-state index is 0.0347. The van der Waals surface area contributed by atoms with Crippen LogP contribution in [0.5, 0.6) is 5.75 Å². The van der Waals surface area contributed by atoms with Gasteiger partial charge in [-0.05, 0) is 36.1 Å². The second-order valence-electron chi connectivity index (χ2n) is 4.82. The summed E-state index contributed by atoms with van der Waals surface area (Å²) < 4.78 is 5.28. The number of nitrogens with two attached hydrogens (primary N) is 1. The van der Waals surface area contributed by atoms with E-state index in [2.05, 4.69) is 12.2 Å². The van der Waals surface area contributed by atoms with Gasteiger partial charge in [0.1, 0.15) is 5.75 Å². The number of rotatable bonds is 7. The van der Waals surface area contributed by atoms with Gasteiger partial charge in [0.05, 0.1) is 13.5 Å². The third kappa shape index (κ3) is 4.91. The Kier molecular flexibility index (Phi) is 6.36. The van der Waals surface area contributed by atoms with Gasteiger partial charge in [-0.15, -0.1) is 0 Å². The van der Waals surface area contributed by atoms with Gasteiger partial charge < -0.3 is 15.8 Å². The lowest BCUT2D eigenvalue weighted by Crippen LogP contribution is -2.32. The van der Waals surface area contributed by atoms with E-state index in [0.717, 1.165) is 23.3 Å². The molecule has 0 fully saturated rings. The Morgan fingerprint density at radius 1 is 1.47 bits per heavy atom. The Bertz CT molecular complexity index is 419. The minimum Gasteiger partial charge on any atom is -0.496 e. The molecule has 0 aliphatic carbocycles. The van der Waals surface area contributed by atoms with Crippen LogP contribution in [0.4, 0.5) is 0 Å². The Morgan fingerprint density at radius 2 is 2.21 bits per heavy atom. The van der Waals surface area contributed by atoms with Gasteiger partial charge in [-0.1, -0.05) is 26.0 Å². The maximum atomic E-state index is 11.8. The maximum Gasteiger partial charge on any atom is 0.224 e. The van der Waals surface area contributed by atoms with Crippen molar-refractivity contribution in [2.24, 2.45) is 11.7 Å². The van der Waals surface area contributed by atoms with E-state index in [-0.39, 0.29) is 5.91 Å². The molecule has 0 heterocycles. The smallest absolute Gasteiger partial charge is 0.224 e. The second kappa shape index (κ2) is 7.79. The van der Waals surface area contributed by atoms with Gasteiger partial charge in [-0.3, -0.25) is 4.79 Å². The van der Waals surface area contributed by atoms with Gasteiger partial charge in [0.25, 0.3) is 0 Å². The third-order valence-electron chi connectivity index (χ3n) is 3.14. The first-order chi connectivity index (χ1) is 9.10. The SMILES string of the molecule is CCc1cc(CC(=O)NCC(C)CN)ccc1OC. The van der Waals surface area contributed by atoms with Crippen molar-refractivity contribution in [3.63, 3.8) is 0 Å². The van der Waals surface area contributed by atoms with Crippen molar-refractivity contribution in [3.8, 4) is 5.75 Å². The Morgan fingerprint density at radius 3 is 2.79 bits per heavy atom. The van der Waals surface area contributed by atoms with Crippen molar-refractivity contribution in [2.45, 2.75) is 26.7 Å². The van der Waals surface area contributed by atoms with Crippen LogP contribution in [0.25, 0.3) is 0 Å². The van der Waals surface area contributed by atoms with Gasteiger partial charge in [0.2, 0.25) is 5.91 Å². The van der Waals surface area contributed by atoms with E-state index < -0.39 is 0 Å². The lowest BCUT2D eigenvalue weighted by Gasteiger charge is -2.11. The molecule has 0 radical (unpaired) electrons. The van der Waals surface area contributed by atoms with Crippen LogP contribution in [0.2, 0.25) is 0 Å². The number of benzene rings is 1. The zero-order chi connectivity index (χ0) is 14.3. The lowest BCUT2D eigenvalue weighted by atomic mass is 10.0. The van der Waals surface area contributed by atoms with Crippen LogP contribution in [-0.4, -0.2) is 26.1 Å². The molecule has 1 unspecified atom stereocenters. The number of ether oxygens (including phenoxy) is 1. The molecule has 3 N–H and O–H groups in total. The zero-order valence-corrected chi connectivity index (χ0v) is 12.0. The number of methoxy groups -OCH3 is 1. The zero-order valence-electron chi connectivity index (χ0n) is 12.0.